The monoisotopic (exact) mass is 328 g/mol. The van der Waals surface area contributed by atoms with E-state index in [0.29, 0.717) is 17.0 Å². The van der Waals surface area contributed by atoms with Crippen molar-refractivity contribution in [1.82, 2.24) is 0 Å². The van der Waals surface area contributed by atoms with E-state index < -0.39 is 0 Å². The van der Waals surface area contributed by atoms with E-state index in [4.69, 9.17) is 11.6 Å². The van der Waals surface area contributed by atoms with Crippen LogP contribution in [0, 0.1) is 6.92 Å². The maximum absolute atomic E-state index is 12.0. The zero-order valence-corrected chi connectivity index (χ0v) is 12.3. The van der Waals surface area contributed by atoms with E-state index in [1.807, 2.05) is 31.2 Å². The molecule has 0 spiro atoms. The van der Waals surface area contributed by atoms with Gasteiger partial charge in [0.2, 0.25) is 0 Å². The van der Waals surface area contributed by atoms with E-state index in [1.54, 1.807) is 17.4 Å². The van der Waals surface area contributed by atoms with E-state index >= 15 is 0 Å². The number of ketones is 1. The van der Waals surface area contributed by atoms with Crippen LogP contribution in [0.4, 0.5) is 0 Å². The maximum Gasteiger partial charge on any atom is 0.168 e. The van der Waals surface area contributed by atoms with Gasteiger partial charge in [0.15, 0.2) is 5.78 Å². The highest BCUT2D eigenvalue weighted by molar-refractivity contribution is 9.11. The third kappa shape index (κ3) is 3.18. The Balaban J connectivity index is 2.17. The molecule has 0 amide bonds. The van der Waals surface area contributed by atoms with Gasteiger partial charge in [-0.2, -0.15) is 0 Å². The van der Waals surface area contributed by atoms with E-state index in [2.05, 4.69) is 15.9 Å². The molecular formula is C13H10BrClOS. The summed E-state index contributed by atoms with van der Waals surface area (Å²) in [4.78, 5) is 13.1. The first kappa shape index (κ1) is 12.8. The molecule has 88 valence electrons. The van der Waals surface area contributed by atoms with E-state index in [0.717, 1.165) is 14.2 Å². The molecule has 0 unspecified atom stereocenters. The summed E-state index contributed by atoms with van der Waals surface area (Å²) >= 11 is 11.0. The zero-order chi connectivity index (χ0) is 12.4. The first-order valence-corrected chi connectivity index (χ1v) is 7.08. The number of aryl methyl sites for hydroxylation is 1. The minimum Gasteiger partial charge on any atom is -0.294 e. The molecule has 0 saturated heterocycles. The van der Waals surface area contributed by atoms with Crippen LogP contribution in [0.15, 0.2) is 34.1 Å². The van der Waals surface area contributed by atoms with E-state index in [9.17, 15) is 4.79 Å². The number of benzene rings is 1. The average molecular weight is 330 g/mol. The van der Waals surface area contributed by atoms with Crippen molar-refractivity contribution in [3.05, 3.63) is 55.1 Å². The lowest BCUT2D eigenvalue weighted by Crippen LogP contribution is -2.02. The Kier molecular flexibility index (Phi) is 4.02. The fraction of sp³-hybridized carbons (Fsp3) is 0.154. The van der Waals surface area contributed by atoms with Crippen molar-refractivity contribution < 1.29 is 4.79 Å². The first-order chi connectivity index (χ1) is 8.06. The van der Waals surface area contributed by atoms with Crippen molar-refractivity contribution in [3.63, 3.8) is 0 Å². The van der Waals surface area contributed by atoms with Crippen LogP contribution in [0.5, 0.6) is 0 Å². The topological polar surface area (TPSA) is 17.1 Å². The molecule has 0 atom stereocenters. The van der Waals surface area contributed by atoms with Crippen LogP contribution in [0.2, 0.25) is 5.02 Å². The zero-order valence-electron chi connectivity index (χ0n) is 9.17. The van der Waals surface area contributed by atoms with Crippen LogP contribution in [0.25, 0.3) is 0 Å². The van der Waals surface area contributed by atoms with E-state index in [1.165, 1.54) is 0 Å². The summed E-state index contributed by atoms with van der Waals surface area (Å²) in [6.07, 6.45) is 0.426. The van der Waals surface area contributed by atoms with Crippen molar-refractivity contribution in [1.29, 1.82) is 0 Å². The number of rotatable bonds is 3. The number of carbonyl (C=O) groups excluding carboxylic acids is 1. The highest BCUT2D eigenvalue weighted by atomic mass is 79.9. The summed E-state index contributed by atoms with van der Waals surface area (Å²) in [5.41, 5.74) is 1.66. The molecular weight excluding hydrogens is 320 g/mol. The summed E-state index contributed by atoms with van der Waals surface area (Å²) in [5.74, 6) is 0.0984. The second kappa shape index (κ2) is 5.34. The van der Waals surface area contributed by atoms with Gasteiger partial charge in [-0.3, -0.25) is 4.79 Å². The number of halogens is 2. The average Bonchev–Trinajstić information content (AvgIpc) is 2.68. The van der Waals surface area contributed by atoms with Gasteiger partial charge in [-0.1, -0.05) is 23.7 Å². The number of Topliss-reactive ketones (excluding diaryl/α,β-unsaturated/α-hetero) is 1. The van der Waals surface area contributed by atoms with Gasteiger partial charge in [0, 0.05) is 21.9 Å². The van der Waals surface area contributed by atoms with Gasteiger partial charge in [0.1, 0.15) is 0 Å². The van der Waals surface area contributed by atoms with Crippen LogP contribution >= 0.6 is 38.9 Å². The molecule has 0 aliphatic rings. The molecule has 0 aliphatic heterocycles. The third-order valence-corrected chi connectivity index (χ3v) is 4.49. The predicted molar refractivity (Wildman–Crippen MR) is 76.2 cm³/mol. The van der Waals surface area contributed by atoms with Crippen LogP contribution in [-0.2, 0) is 6.42 Å². The van der Waals surface area contributed by atoms with Crippen molar-refractivity contribution in [2.45, 2.75) is 13.3 Å². The quantitative estimate of drug-likeness (QED) is 0.732. The Morgan fingerprint density at radius 1 is 1.35 bits per heavy atom. The van der Waals surface area contributed by atoms with Crippen LogP contribution in [-0.4, -0.2) is 5.78 Å². The second-order valence-corrected chi connectivity index (χ2v) is 6.72. The van der Waals surface area contributed by atoms with Gasteiger partial charge in [-0.25, -0.2) is 0 Å². The van der Waals surface area contributed by atoms with Crippen molar-refractivity contribution in [2.75, 3.05) is 0 Å². The second-order valence-electron chi connectivity index (χ2n) is 3.77. The van der Waals surface area contributed by atoms with Gasteiger partial charge in [-0.05, 0) is 46.6 Å². The molecule has 1 aromatic carbocycles. The Labute approximate surface area is 118 Å². The van der Waals surface area contributed by atoms with Gasteiger partial charge >= 0.3 is 0 Å². The molecule has 0 saturated carbocycles. The summed E-state index contributed by atoms with van der Waals surface area (Å²) in [7, 11) is 0. The van der Waals surface area contributed by atoms with Gasteiger partial charge in [0.25, 0.3) is 0 Å². The molecule has 17 heavy (non-hydrogen) atoms. The summed E-state index contributed by atoms with van der Waals surface area (Å²) in [6.45, 7) is 1.92. The van der Waals surface area contributed by atoms with E-state index in [-0.39, 0.29) is 5.78 Å². The first-order valence-electron chi connectivity index (χ1n) is 5.10. The number of carbonyl (C=O) groups is 1. The normalized spacial score (nSPS) is 10.5. The van der Waals surface area contributed by atoms with Crippen LogP contribution in [0.3, 0.4) is 0 Å². The highest BCUT2D eigenvalue weighted by Crippen LogP contribution is 2.24. The van der Waals surface area contributed by atoms with Gasteiger partial charge < -0.3 is 0 Å². The Bertz CT molecular complexity index is 562. The number of thiophene rings is 1. The third-order valence-electron chi connectivity index (χ3n) is 2.46. The highest BCUT2D eigenvalue weighted by Gasteiger charge is 2.10. The predicted octanol–water partition coefficient (Wildman–Crippen LogP) is 4.90. The molecule has 0 aliphatic carbocycles. The lowest BCUT2D eigenvalue weighted by atomic mass is 10.1. The molecule has 0 fully saturated rings. The molecule has 2 rings (SSSR count). The summed E-state index contributed by atoms with van der Waals surface area (Å²) < 4.78 is 1.04. The van der Waals surface area contributed by atoms with Crippen molar-refractivity contribution in [3.8, 4) is 0 Å². The Morgan fingerprint density at radius 3 is 2.71 bits per heavy atom. The Hall–Kier alpha value is -0.640. The molecule has 0 radical (unpaired) electrons. The van der Waals surface area contributed by atoms with Crippen molar-refractivity contribution in [2.24, 2.45) is 0 Å². The van der Waals surface area contributed by atoms with Crippen LogP contribution < -0.4 is 0 Å². The van der Waals surface area contributed by atoms with Crippen molar-refractivity contribution >= 4 is 44.7 Å². The fourth-order valence-electron chi connectivity index (χ4n) is 1.47. The fourth-order valence-corrected chi connectivity index (χ4v) is 3.14. The summed E-state index contributed by atoms with van der Waals surface area (Å²) in [6, 6.07) is 9.35. The molecule has 1 nitrogen and oxygen atoms in total. The number of hydrogen-bond donors (Lipinski definition) is 0. The molecule has 0 N–H and O–H groups in total. The minimum atomic E-state index is 0.0984. The summed E-state index contributed by atoms with van der Waals surface area (Å²) in [5, 5.41) is 0.642. The standard InChI is InChI=1S/C13H10BrClOS/c1-8-2-3-9(6-11(8)15)12(16)7-10-4-5-13(14)17-10/h2-6H,7H2,1H3. The lowest BCUT2D eigenvalue weighted by Gasteiger charge is -2.02. The SMILES string of the molecule is Cc1ccc(C(=O)Cc2ccc(Br)s2)cc1Cl. The largest absolute Gasteiger partial charge is 0.294 e. The molecule has 1 heterocycles. The number of hydrogen-bond acceptors (Lipinski definition) is 2. The van der Waals surface area contributed by atoms with Crippen LogP contribution in [0.1, 0.15) is 20.8 Å². The minimum absolute atomic E-state index is 0.0984. The molecule has 2 aromatic rings. The Morgan fingerprint density at radius 2 is 2.12 bits per heavy atom. The van der Waals surface area contributed by atoms with Gasteiger partial charge in [-0.15, -0.1) is 11.3 Å². The molecule has 4 heteroatoms. The molecule has 1 aromatic heterocycles. The van der Waals surface area contributed by atoms with Gasteiger partial charge in [0.05, 0.1) is 3.79 Å². The lowest BCUT2D eigenvalue weighted by molar-refractivity contribution is 0.0994. The maximum atomic E-state index is 12.0. The molecule has 0 bridgehead atoms. The smallest absolute Gasteiger partial charge is 0.168 e.